The number of rotatable bonds is 3. The summed E-state index contributed by atoms with van der Waals surface area (Å²) in [5.74, 6) is 0.398. The van der Waals surface area contributed by atoms with Crippen molar-refractivity contribution in [1.29, 1.82) is 0 Å². The molecule has 0 fully saturated rings. The molecule has 4 heteroatoms. The van der Waals surface area contributed by atoms with Gasteiger partial charge in [0.15, 0.2) is 0 Å². The van der Waals surface area contributed by atoms with E-state index in [1.54, 1.807) is 48.5 Å². The van der Waals surface area contributed by atoms with Crippen molar-refractivity contribution in [2.24, 2.45) is 0 Å². The van der Waals surface area contributed by atoms with Gasteiger partial charge in [-0.3, -0.25) is 0 Å². The Morgan fingerprint density at radius 1 is 0.789 bits per heavy atom. The Balaban J connectivity index is 0.00000180. The quantitative estimate of drug-likeness (QED) is 0.704. The third-order valence-electron chi connectivity index (χ3n) is 3.33. The summed E-state index contributed by atoms with van der Waals surface area (Å²) in [6.07, 6.45) is 0. The average Bonchev–Trinajstić information content (AvgIpc) is 2.39. The van der Waals surface area contributed by atoms with E-state index in [4.69, 9.17) is 0 Å². The van der Waals surface area contributed by atoms with E-state index in [9.17, 15) is 15.3 Å². The molecule has 100 valence electrons. The fourth-order valence-corrected chi connectivity index (χ4v) is 2.01. The van der Waals surface area contributed by atoms with Crippen molar-refractivity contribution >= 4 is 0 Å². The SMILES string of the molecule is CC(CO)(c1ccc(O)cc1)c1ccc(O)cc1.[W]. The van der Waals surface area contributed by atoms with E-state index < -0.39 is 5.41 Å². The molecule has 0 amide bonds. The van der Waals surface area contributed by atoms with E-state index >= 15 is 0 Å². The molecule has 0 aliphatic carbocycles. The zero-order valence-corrected chi connectivity index (χ0v) is 13.5. The summed E-state index contributed by atoms with van der Waals surface area (Å²) in [6, 6.07) is 13.6. The Kier molecular flexibility index (Phi) is 5.16. The number of phenolic OH excluding ortho intramolecular Hbond substituents is 2. The molecule has 0 radical (unpaired) electrons. The first-order valence-electron chi connectivity index (χ1n) is 5.76. The van der Waals surface area contributed by atoms with Gasteiger partial charge in [-0.15, -0.1) is 0 Å². The molecule has 0 aromatic heterocycles. The molecule has 19 heavy (non-hydrogen) atoms. The van der Waals surface area contributed by atoms with Crippen LogP contribution in [-0.2, 0) is 26.5 Å². The standard InChI is InChI=1S/C15H16O3.W/c1-15(10-16,11-2-6-13(17)7-3-11)12-4-8-14(18)9-5-12;/h2-9,16-18H,10H2,1H3;. The van der Waals surface area contributed by atoms with Crippen molar-refractivity contribution in [1.82, 2.24) is 0 Å². The van der Waals surface area contributed by atoms with Gasteiger partial charge in [-0.25, -0.2) is 0 Å². The van der Waals surface area contributed by atoms with Crippen molar-refractivity contribution in [3.05, 3.63) is 59.7 Å². The van der Waals surface area contributed by atoms with Gasteiger partial charge in [-0.1, -0.05) is 24.3 Å². The van der Waals surface area contributed by atoms with Crippen LogP contribution < -0.4 is 0 Å². The maximum absolute atomic E-state index is 9.71. The summed E-state index contributed by atoms with van der Waals surface area (Å²) in [6.45, 7) is 1.87. The molecule has 0 saturated carbocycles. The first-order valence-corrected chi connectivity index (χ1v) is 5.76. The van der Waals surface area contributed by atoms with Crippen molar-refractivity contribution in [2.75, 3.05) is 6.61 Å². The summed E-state index contributed by atoms with van der Waals surface area (Å²) < 4.78 is 0. The average molecular weight is 428 g/mol. The second-order valence-corrected chi connectivity index (χ2v) is 4.58. The number of hydrogen-bond acceptors (Lipinski definition) is 3. The van der Waals surface area contributed by atoms with Crippen molar-refractivity contribution in [2.45, 2.75) is 12.3 Å². The molecule has 0 unspecified atom stereocenters. The second kappa shape index (κ2) is 6.22. The van der Waals surface area contributed by atoms with Crippen LogP contribution in [0.25, 0.3) is 0 Å². The molecule has 0 saturated heterocycles. The molecule has 0 bridgehead atoms. The smallest absolute Gasteiger partial charge is 0.115 e. The van der Waals surface area contributed by atoms with Gasteiger partial charge in [0, 0.05) is 26.5 Å². The third-order valence-corrected chi connectivity index (χ3v) is 3.33. The first-order chi connectivity index (χ1) is 8.56. The van der Waals surface area contributed by atoms with Gasteiger partial charge in [-0.05, 0) is 42.3 Å². The molecule has 0 spiro atoms. The minimum atomic E-state index is -0.554. The molecule has 2 aromatic rings. The summed E-state index contributed by atoms with van der Waals surface area (Å²) in [5.41, 5.74) is 1.27. The molecular weight excluding hydrogens is 412 g/mol. The molecule has 2 rings (SSSR count). The number of phenols is 2. The second-order valence-electron chi connectivity index (χ2n) is 4.58. The normalized spacial score (nSPS) is 10.8. The zero-order chi connectivity index (χ0) is 13.2. The maximum Gasteiger partial charge on any atom is 0.115 e. The van der Waals surface area contributed by atoms with E-state index in [1.165, 1.54) is 0 Å². The summed E-state index contributed by atoms with van der Waals surface area (Å²) in [4.78, 5) is 0. The Morgan fingerprint density at radius 3 is 1.37 bits per heavy atom. The van der Waals surface area contributed by atoms with E-state index in [1.807, 2.05) is 6.92 Å². The fourth-order valence-electron chi connectivity index (χ4n) is 2.01. The monoisotopic (exact) mass is 428 g/mol. The summed E-state index contributed by atoms with van der Waals surface area (Å²) >= 11 is 0. The minimum Gasteiger partial charge on any atom is -0.508 e. The van der Waals surface area contributed by atoms with E-state index in [2.05, 4.69) is 0 Å². The van der Waals surface area contributed by atoms with Crippen LogP contribution in [0.3, 0.4) is 0 Å². The number of aromatic hydroxyl groups is 2. The van der Waals surface area contributed by atoms with Crippen LogP contribution in [0.4, 0.5) is 0 Å². The fraction of sp³-hybridized carbons (Fsp3) is 0.200. The maximum atomic E-state index is 9.71. The Bertz CT molecular complexity index is 475. The molecule has 3 nitrogen and oxygen atoms in total. The molecule has 2 aromatic carbocycles. The Morgan fingerprint density at radius 2 is 1.11 bits per heavy atom. The van der Waals surface area contributed by atoms with Gasteiger partial charge in [-0.2, -0.15) is 0 Å². The minimum absolute atomic E-state index is 0. The molecular formula is C15H16O3W. The van der Waals surface area contributed by atoms with Crippen LogP contribution in [0, 0.1) is 0 Å². The van der Waals surface area contributed by atoms with Crippen LogP contribution in [-0.4, -0.2) is 21.9 Å². The number of aliphatic hydroxyl groups is 1. The van der Waals surface area contributed by atoms with Gasteiger partial charge >= 0.3 is 0 Å². The Hall–Kier alpha value is -1.31. The van der Waals surface area contributed by atoms with E-state index in [0.717, 1.165) is 11.1 Å². The van der Waals surface area contributed by atoms with E-state index in [-0.39, 0.29) is 39.2 Å². The van der Waals surface area contributed by atoms with Crippen LogP contribution >= 0.6 is 0 Å². The van der Waals surface area contributed by atoms with Crippen molar-refractivity contribution in [3.63, 3.8) is 0 Å². The van der Waals surface area contributed by atoms with Gasteiger partial charge in [0.05, 0.1) is 6.61 Å². The molecule has 0 aliphatic heterocycles. The molecule has 3 N–H and O–H groups in total. The number of benzene rings is 2. The number of aliphatic hydroxyl groups excluding tert-OH is 1. The van der Waals surface area contributed by atoms with Crippen molar-refractivity contribution < 1.29 is 36.4 Å². The van der Waals surface area contributed by atoms with Crippen molar-refractivity contribution in [3.8, 4) is 11.5 Å². The Labute approximate surface area is 126 Å². The molecule has 0 atom stereocenters. The summed E-state index contributed by atoms with van der Waals surface area (Å²) in [7, 11) is 0. The zero-order valence-electron chi connectivity index (χ0n) is 10.6. The first kappa shape index (κ1) is 15.7. The molecule has 0 heterocycles. The van der Waals surface area contributed by atoms with Crippen LogP contribution in [0.1, 0.15) is 18.1 Å². The largest absolute Gasteiger partial charge is 0.508 e. The molecule has 0 aliphatic rings. The number of hydrogen-bond donors (Lipinski definition) is 3. The van der Waals surface area contributed by atoms with Crippen LogP contribution in [0.5, 0.6) is 11.5 Å². The predicted octanol–water partition coefficient (Wildman–Crippen LogP) is 2.39. The van der Waals surface area contributed by atoms with Gasteiger partial charge in [0.1, 0.15) is 11.5 Å². The van der Waals surface area contributed by atoms with Gasteiger partial charge in [0.2, 0.25) is 0 Å². The van der Waals surface area contributed by atoms with Gasteiger partial charge < -0.3 is 15.3 Å². The van der Waals surface area contributed by atoms with Crippen LogP contribution in [0.15, 0.2) is 48.5 Å². The van der Waals surface area contributed by atoms with Gasteiger partial charge in [0.25, 0.3) is 0 Å². The summed E-state index contributed by atoms with van der Waals surface area (Å²) in [5, 5.41) is 28.3. The third kappa shape index (κ3) is 3.17. The van der Waals surface area contributed by atoms with Crippen LogP contribution in [0.2, 0.25) is 0 Å². The van der Waals surface area contributed by atoms with E-state index in [0.29, 0.717) is 0 Å². The topological polar surface area (TPSA) is 60.7 Å². The predicted molar refractivity (Wildman–Crippen MR) is 69.8 cm³/mol.